The Kier molecular flexibility index (Phi) is 5.26. The van der Waals surface area contributed by atoms with E-state index in [2.05, 4.69) is 20.7 Å². The lowest BCUT2D eigenvalue weighted by Gasteiger charge is -2.16. The smallest absolute Gasteiger partial charge is 0.465 e. The molecular weight excluding hydrogens is 455 g/mol. The standard InChI is InChI=1S/C18H12BrF5O4/c1-26-16(25)15-11-8-14(19)17(20,21)12(11)6-7-13(15)27-9-2-4-10(5-3-9)28-18(22,23)24/h2-7,14H,8H2,1H3. The summed E-state index contributed by atoms with van der Waals surface area (Å²) in [4.78, 5) is 11.0. The van der Waals surface area contributed by atoms with Gasteiger partial charge in [-0.2, -0.15) is 0 Å². The number of halogens is 6. The number of benzene rings is 2. The van der Waals surface area contributed by atoms with Gasteiger partial charge in [0.2, 0.25) is 0 Å². The van der Waals surface area contributed by atoms with Crippen LogP contribution in [0.4, 0.5) is 22.0 Å². The Balaban J connectivity index is 1.95. The van der Waals surface area contributed by atoms with Crippen molar-refractivity contribution in [3.05, 3.63) is 53.1 Å². The molecule has 1 atom stereocenters. The first kappa shape index (κ1) is 20.4. The SMILES string of the molecule is COC(=O)c1c(Oc2ccc(OC(F)(F)F)cc2)ccc2c1CC(Br)C2(F)F. The fourth-order valence-electron chi connectivity index (χ4n) is 2.87. The lowest BCUT2D eigenvalue weighted by atomic mass is 10.0. The fraction of sp³-hybridized carbons (Fsp3) is 0.278. The van der Waals surface area contributed by atoms with Crippen LogP contribution in [0.1, 0.15) is 21.5 Å². The minimum Gasteiger partial charge on any atom is -0.465 e. The number of carbonyl (C=O) groups excluding carboxylic acids is 1. The van der Waals surface area contributed by atoms with Gasteiger partial charge < -0.3 is 14.2 Å². The summed E-state index contributed by atoms with van der Waals surface area (Å²) in [6, 6.07) is 6.78. The molecule has 0 aliphatic heterocycles. The first-order chi connectivity index (χ1) is 13.0. The summed E-state index contributed by atoms with van der Waals surface area (Å²) in [7, 11) is 1.10. The second-order valence-electron chi connectivity index (χ2n) is 5.87. The molecule has 0 N–H and O–H groups in total. The maximum atomic E-state index is 14.3. The number of alkyl halides is 6. The quantitative estimate of drug-likeness (QED) is 0.335. The van der Waals surface area contributed by atoms with Gasteiger partial charge in [0.25, 0.3) is 5.92 Å². The van der Waals surface area contributed by atoms with Gasteiger partial charge in [0, 0.05) is 5.56 Å². The van der Waals surface area contributed by atoms with E-state index >= 15 is 0 Å². The Hall–Kier alpha value is -2.36. The van der Waals surface area contributed by atoms with Crippen molar-refractivity contribution in [2.75, 3.05) is 7.11 Å². The zero-order valence-electron chi connectivity index (χ0n) is 14.1. The normalized spacial score (nSPS) is 17.8. The Morgan fingerprint density at radius 1 is 1.11 bits per heavy atom. The molecule has 1 aliphatic rings. The van der Waals surface area contributed by atoms with Gasteiger partial charge in [-0.3, -0.25) is 0 Å². The summed E-state index contributed by atoms with van der Waals surface area (Å²) in [5.41, 5.74) is -0.374. The molecule has 2 aromatic rings. The van der Waals surface area contributed by atoms with Crippen LogP contribution in [0, 0.1) is 0 Å². The Morgan fingerprint density at radius 2 is 1.71 bits per heavy atom. The lowest BCUT2D eigenvalue weighted by Crippen LogP contribution is -2.20. The van der Waals surface area contributed by atoms with Crippen LogP contribution in [-0.2, 0) is 17.1 Å². The summed E-state index contributed by atoms with van der Waals surface area (Å²) in [5.74, 6) is -4.45. The third-order valence-corrected chi connectivity index (χ3v) is 4.98. The van der Waals surface area contributed by atoms with E-state index in [9.17, 15) is 26.7 Å². The maximum Gasteiger partial charge on any atom is 0.573 e. The average molecular weight is 467 g/mol. The number of esters is 1. The second kappa shape index (κ2) is 7.23. The minimum atomic E-state index is -4.84. The van der Waals surface area contributed by atoms with E-state index < -0.39 is 28.8 Å². The predicted octanol–water partition coefficient (Wildman–Crippen LogP) is 5.58. The minimum absolute atomic E-state index is 0.0486. The van der Waals surface area contributed by atoms with Crippen LogP contribution in [0.3, 0.4) is 0 Å². The molecule has 1 aliphatic carbocycles. The summed E-state index contributed by atoms with van der Waals surface area (Å²) in [6.07, 6.45) is -4.96. The van der Waals surface area contributed by atoms with Gasteiger partial charge in [0.15, 0.2) is 0 Å². The predicted molar refractivity (Wildman–Crippen MR) is 91.3 cm³/mol. The van der Waals surface area contributed by atoms with Gasteiger partial charge in [0.1, 0.15) is 22.8 Å². The largest absolute Gasteiger partial charge is 0.573 e. The van der Waals surface area contributed by atoms with Gasteiger partial charge in [-0.05, 0) is 48.4 Å². The van der Waals surface area contributed by atoms with Crippen molar-refractivity contribution in [1.82, 2.24) is 0 Å². The molecule has 3 rings (SSSR count). The van der Waals surface area contributed by atoms with Crippen molar-refractivity contribution in [3.8, 4) is 17.2 Å². The summed E-state index contributed by atoms with van der Waals surface area (Å²) in [5, 5.41) is 0. The first-order valence-electron chi connectivity index (χ1n) is 7.83. The molecule has 0 spiro atoms. The van der Waals surface area contributed by atoms with Crippen LogP contribution in [-0.4, -0.2) is 24.3 Å². The molecule has 0 amide bonds. The molecule has 0 saturated carbocycles. The molecular formula is C18H12BrF5O4. The molecule has 0 bridgehead atoms. The highest BCUT2D eigenvalue weighted by atomic mass is 79.9. The van der Waals surface area contributed by atoms with E-state index in [4.69, 9.17) is 9.47 Å². The second-order valence-corrected chi connectivity index (χ2v) is 6.98. The van der Waals surface area contributed by atoms with Crippen LogP contribution < -0.4 is 9.47 Å². The molecule has 0 radical (unpaired) electrons. The third kappa shape index (κ3) is 3.91. The number of rotatable bonds is 4. The van der Waals surface area contributed by atoms with Gasteiger partial charge in [-0.1, -0.05) is 15.9 Å². The maximum absolute atomic E-state index is 14.3. The Labute approximate surface area is 164 Å². The van der Waals surface area contributed by atoms with Gasteiger partial charge >= 0.3 is 12.3 Å². The van der Waals surface area contributed by atoms with Crippen molar-refractivity contribution < 1.29 is 41.0 Å². The van der Waals surface area contributed by atoms with Crippen molar-refractivity contribution >= 4 is 21.9 Å². The monoisotopic (exact) mass is 466 g/mol. The van der Waals surface area contributed by atoms with Crippen LogP contribution in [0.5, 0.6) is 17.2 Å². The van der Waals surface area contributed by atoms with Crippen LogP contribution in [0.25, 0.3) is 0 Å². The Bertz CT molecular complexity index is 896. The molecule has 0 fully saturated rings. The van der Waals surface area contributed by atoms with Crippen molar-refractivity contribution in [1.29, 1.82) is 0 Å². The van der Waals surface area contributed by atoms with Crippen LogP contribution in [0.15, 0.2) is 36.4 Å². The molecule has 28 heavy (non-hydrogen) atoms. The average Bonchev–Trinajstić information content (AvgIpc) is 2.84. The number of carbonyl (C=O) groups is 1. The highest BCUT2D eigenvalue weighted by Crippen LogP contribution is 2.48. The highest BCUT2D eigenvalue weighted by Gasteiger charge is 2.49. The molecule has 0 heterocycles. The van der Waals surface area contributed by atoms with E-state index in [1.165, 1.54) is 18.2 Å². The first-order valence-corrected chi connectivity index (χ1v) is 8.74. The number of methoxy groups -OCH3 is 1. The van der Waals surface area contributed by atoms with Gasteiger partial charge in [0.05, 0.1) is 11.9 Å². The summed E-state index contributed by atoms with van der Waals surface area (Å²) < 4.78 is 79.2. The number of fused-ring (bicyclic) bond motifs is 1. The zero-order chi connectivity index (χ0) is 20.7. The lowest BCUT2D eigenvalue weighted by molar-refractivity contribution is -0.274. The van der Waals surface area contributed by atoms with E-state index in [-0.39, 0.29) is 34.6 Å². The molecule has 0 aromatic heterocycles. The van der Waals surface area contributed by atoms with Crippen molar-refractivity contribution in [2.45, 2.75) is 23.5 Å². The Morgan fingerprint density at radius 3 is 2.29 bits per heavy atom. The van der Waals surface area contributed by atoms with Crippen LogP contribution >= 0.6 is 15.9 Å². The molecule has 0 saturated heterocycles. The summed E-state index contributed by atoms with van der Waals surface area (Å²) in [6.45, 7) is 0. The van der Waals surface area contributed by atoms with E-state index in [0.29, 0.717) is 0 Å². The fourth-order valence-corrected chi connectivity index (χ4v) is 3.44. The zero-order valence-corrected chi connectivity index (χ0v) is 15.7. The topological polar surface area (TPSA) is 44.8 Å². The summed E-state index contributed by atoms with van der Waals surface area (Å²) >= 11 is 2.92. The number of hydrogen-bond acceptors (Lipinski definition) is 4. The van der Waals surface area contributed by atoms with E-state index in [0.717, 1.165) is 25.3 Å². The molecule has 4 nitrogen and oxygen atoms in total. The van der Waals surface area contributed by atoms with E-state index in [1.807, 2.05) is 0 Å². The van der Waals surface area contributed by atoms with Crippen molar-refractivity contribution in [3.63, 3.8) is 0 Å². The molecule has 1 unspecified atom stereocenters. The highest BCUT2D eigenvalue weighted by molar-refractivity contribution is 9.09. The molecule has 150 valence electrons. The van der Waals surface area contributed by atoms with Crippen molar-refractivity contribution in [2.24, 2.45) is 0 Å². The van der Waals surface area contributed by atoms with Gasteiger partial charge in [-0.25, -0.2) is 13.6 Å². The third-order valence-electron chi connectivity index (χ3n) is 4.09. The van der Waals surface area contributed by atoms with Crippen LogP contribution in [0.2, 0.25) is 0 Å². The molecule has 10 heteroatoms. The van der Waals surface area contributed by atoms with Gasteiger partial charge in [-0.15, -0.1) is 13.2 Å². The number of hydrogen-bond donors (Lipinski definition) is 0. The number of ether oxygens (including phenoxy) is 3. The molecule has 2 aromatic carbocycles. The van der Waals surface area contributed by atoms with E-state index in [1.54, 1.807) is 0 Å².